The van der Waals surface area contributed by atoms with E-state index in [2.05, 4.69) is 5.32 Å². The molecule has 0 saturated heterocycles. The molecule has 1 saturated carbocycles. The minimum absolute atomic E-state index is 0.00966. The van der Waals surface area contributed by atoms with Crippen molar-refractivity contribution in [1.82, 2.24) is 5.32 Å². The number of alkyl halides is 3. The third-order valence-electron chi connectivity index (χ3n) is 2.54. The third kappa shape index (κ3) is 4.81. The van der Waals surface area contributed by atoms with Crippen LogP contribution in [0.4, 0.5) is 13.2 Å². The summed E-state index contributed by atoms with van der Waals surface area (Å²) in [5.41, 5.74) is 0. The molecule has 0 amide bonds. The zero-order valence-corrected chi connectivity index (χ0v) is 7.98. The first-order valence-corrected chi connectivity index (χ1v) is 4.95. The maximum atomic E-state index is 11.8. The molecule has 2 N–H and O–H groups in total. The molecule has 1 aliphatic rings. The summed E-state index contributed by atoms with van der Waals surface area (Å²) < 4.78 is 35.4. The van der Waals surface area contributed by atoms with Gasteiger partial charge in [0.15, 0.2) is 0 Å². The molecule has 0 aromatic rings. The van der Waals surface area contributed by atoms with Crippen LogP contribution in [0, 0.1) is 0 Å². The number of hydrogen-bond acceptors (Lipinski definition) is 2. The lowest BCUT2D eigenvalue weighted by molar-refractivity contribution is -0.133. The smallest absolute Gasteiger partial charge is 0.390 e. The van der Waals surface area contributed by atoms with Crippen LogP contribution in [-0.4, -0.2) is 30.0 Å². The average Bonchev–Trinajstić information content (AvgIpc) is 2.06. The summed E-state index contributed by atoms with van der Waals surface area (Å²) >= 11 is 0. The summed E-state index contributed by atoms with van der Waals surface area (Å²) in [7, 11) is 0. The quantitative estimate of drug-likeness (QED) is 0.746. The number of hydrogen-bond donors (Lipinski definition) is 2. The van der Waals surface area contributed by atoms with Crippen LogP contribution in [0.15, 0.2) is 0 Å². The maximum Gasteiger partial charge on any atom is 0.390 e. The molecule has 1 rings (SSSR count). The largest absolute Gasteiger partial charge is 0.393 e. The van der Waals surface area contributed by atoms with Crippen molar-refractivity contribution in [2.75, 3.05) is 6.54 Å². The second-order valence-corrected chi connectivity index (χ2v) is 3.82. The molecule has 0 radical (unpaired) electrons. The Kier molecular flexibility index (Phi) is 4.19. The van der Waals surface area contributed by atoms with E-state index in [9.17, 15) is 18.3 Å². The predicted molar refractivity (Wildman–Crippen MR) is 46.9 cm³/mol. The zero-order valence-electron chi connectivity index (χ0n) is 7.98. The molecule has 0 aliphatic heterocycles. The molecule has 0 unspecified atom stereocenters. The van der Waals surface area contributed by atoms with Gasteiger partial charge in [-0.2, -0.15) is 13.2 Å². The summed E-state index contributed by atoms with van der Waals surface area (Å²) in [6.45, 7) is -0.00966. The van der Waals surface area contributed by atoms with Crippen molar-refractivity contribution in [1.29, 1.82) is 0 Å². The van der Waals surface area contributed by atoms with Gasteiger partial charge in [0.25, 0.3) is 0 Å². The van der Waals surface area contributed by atoms with Crippen LogP contribution in [0.25, 0.3) is 0 Å². The van der Waals surface area contributed by atoms with Gasteiger partial charge in [0.05, 0.1) is 12.5 Å². The lowest BCUT2D eigenvalue weighted by Crippen LogP contribution is -2.36. The molecule has 2 nitrogen and oxygen atoms in total. The highest BCUT2D eigenvalue weighted by Crippen LogP contribution is 2.21. The summed E-state index contributed by atoms with van der Waals surface area (Å²) in [6, 6.07) is 0.153. The maximum absolute atomic E-state index is 11.8. The number of aliphatic hydroxyl groups is 1. The highest BCUT2D eigenvalue weighted by molar-refractivity contribution is 4.76. The Morgan fingerprint density at radius 2 is 1.71 bits per heavy atom. The van der Waals surface area contributed by atoms with E-state index in [1.807, 2.05) is 0 Å². The number of nitrogens with one attached hydrogen (secondary N) is 1. The molecule has 1 fully saturated rings. The van der Waals surface area contributed by atoms with Crippen molar-refractivity contribution in [3.05, 3.63) is 0 Å². The van der Waals surface area contributed by atoms with Crippen LogP contribution >= 0.6 is 0 Å². The number of rotatable bonds is 3. The van der Waals surface area contributed by atoms with Gasteiger partial charge in [-0.05, 0) is 25.7 Å². The third-order valence-corrected chi connectivity index (χ3v) is 2.54. The molecule has 0 atom stereocenters. The van der Waals surface area contributed by atoms with E-state index in [1.54, 1.807) is 0 Å². The van der Waals surface area contributed by atoms with Gasteiger partial charge < -0.3 is 10.4 Å². The fraction of sp³-hybridized carbons (Fsp3) is 1.00. The fourth-order valence-corrected chi connectivity index (χ4v) is 1.70. The normalized spacial score (nSPS) is 29.1. The van der Waals surface area contributed by atoms with Gasteiger partial charge in [-0.25, -0.2) is 0 Å². The molecular formula is C9H16F3NO. The lowest BCUT2D eigenvalue weighted by Gasteiger charge is -2.26. The van der Waals surface area contributed by atoms with Crippen LogP contribution in [0.5, 0.6) is 0 Å². The Morgan fingerprint density at radius 3 is 2.21 bits per heavy atom. The van der Waals surface area contributed by atoms with E-state index >= 15 is 0 Å². The Bertz CT molecular complexity index is 164. The standard InChI is InChI=1S/C9H16F3NO/c10-9(11,12)5-6-13-7-1-3-8(14)4-2-7/h7-8,13-14H,1-6H2. The first-order valence-electron chi connectivity index (χ1n) is 4.95. The Balaban J connectivity index is 2.08. The highest BCUT2D eigenvalue weighted by Gasteiger charge is 2.27. The molecule has 0 heterocycles. The molecule has 14 heavy (non-hydrogen) atoms. The molecule has 5 heteroatoms. The van der Waals surface area contributed by atoms with Gasteiger partial charge in [0.2, 0.25) is 0 Å². The van der Waals surface area contributed by atoms with Gasteiger partial charge in [-0.1, -0.05) is 0 Å². The van der Waals surface area contributed by atoms with Crippen LogP contribution in [0.3, 0.4) is 0 Å². The molecule has 0 bridgehead atoms. The SMILES string of the molecule is OC1CCC(NCCC(F)(F)F)CC1. The summed E-state index contributed by atoms with van der Waals surface area (Å²) in [4.78, 5) is 0. The Morgan fingerprint density at radius 1 is 1.14 bits per heavy atom. The molecule has 0 aromatic heterocycles. The van der Waals surface area contributed by atoms with E-state index in [0.29, 0.717) is 12.8 Å². The average molecular weight is 211 g/mol. The van der Waals surface area contributed by atoms with Crippen molar-refractivity contribution in [3.8, 4) is 0 Å². The Hall–Kier alpha value is -0.290. The molecular weight excluding hydrogens is 195 g/mol. The van der Waals surface area contributed by atoms with Crippen molar-refractivity contribution in [2.45, 2.75) is 50.4 Å². The molecule has 0 spiro atoms. The van der Waals surface area contributed by atoms with Crippen molar-refractivity contribution in [2.24, 2.45) is 0 Å². The minimum Gasteiger partial charge on any atom is -0.393 e. The van der Waals surface area contributed by atoms with E-state index in [-0.39, 0.29) is 18.7 Å². The monoisotopic (exact) mass is 211 g/mol. The fourth-order valence-electron chi connectivity index (χ4n) is 1.70. The first-order chi connectivity index (χ1) is 6.47. The van der Waals surface area contributed by atoms with E-state index in [4.69, 9.17) is 0 Å². The lowest BCUT2D eigenvalue weighted by atomic mass is 9.93. The van der Waals surface area contributed by atoms with Crippen molar-refractivity contribution in [3.63, 3.8) is 0 Å². The number of aliphatic hydroxyl groups excluding tert-OH is 1. The van der Waals surface area contributed by atoms with Crippen LogP contribution in [0.2, 0.25) is 0 Å². The second kappa shape index (κ2) is 4.98. The van der Waals surface area contributed by atoms with Crippen molar-refractivity contribution >= 4 is 0 Å². The first kappa shape index (κ1) is 11.8. The van der Waals surface area contributed by atoms with Crippen LogP contribution in [0.1, 0.15) is 32.1 Å². The summed E-state index contributed by atoms with van der Waals surface area (Å²) in [5.74, 6) is 0. The molecule has 0 aromatic carbocycles. The van der Waals surface area contributed by atoms with Gasteiger partial charge in [0.1, 0.15) is 0 Å². The van der Waals surface area contributed by atoms with Crippen molar-refractivity contribution < 1.29 is 18.3 Å². The zero-order chi connectivity index (χ0) is 10.6. The number of halogens is 3. The van der Waals surface area contributed by atoms with E-state index in [0.717, 1.165) is 12.8 Å². The van der Waals surface area contributed by atoms with Gasteiger partial charge in [-0.15, -0.1) is 0 Å². The van der Waals surface area contributed by atoms with E-state index < -0.39 is 12.6 Å². The van der Waals surface area contributed by atoms with Gasteiger partial charge in [0, 0.05) is 12.6 Å². The molecule has 1 aliphatic carbocycles. The van der Waals surface area contributed by atoms with Gasteiger partial charge >= 0.3 is 6.18 Å². The minimum atomic E-state index is -4.07. The molecule has 84 valence electrons. The second-order valence-electron chi connectivity index (χ2n) is 3.82. The highest BCUT2D eigenvalue weighted by atomic mass is 19.4. The summed E-state index contributed by atoms with van der Waals surface area (Å²) in [6.07, 6.45) is -2.14. The Labute approximate surface area is 81.5 Å². The van der Waals surface area contributed by atoms with E-state index in [1.165, 1.54) is 0 Å². The topological polar surface area (TPSA) is 32.3 Å². The van der Waals surface area contributed by atoms with Gasteiger partial charge in [-0.3, -0.25) is 0 Å². The summed E-state index contributed by atoms with van der Waals surface area (Å²) in [5, 5.41) is 12.0. The predicted octanol–water partition coefficient (Wildman–Crippen LogP) is 1.83. The van der Waals surface area contributed by atoms with Crippen LogP contribution < -0.4 is 5.32 Å². The van der Waals surface area contributed by atoms with Crippen LogP contribution in [-0.2, 0) is 0 Å².